The van der Waals surface area contributed by atoms with Gasteiger partial charge < -0.3 is 10.6 Å². The van der Waals surface area contributed by atoms with Crippen LogP contribution < -0.4 is 10.6 Å². The molecule has 0 spiro atoms. The molecule has 1 aromatic heterocycles. The van der Waals surface area contributed by atoms with Crippen molar-refractivity contribution in [1.82, 2.24) is 10.3 Å². The molecule has 1 atom stereocenters. The SMILES string of the molecule is CS[C@H](C)CNC(=O)Nc1ccncc1F. The third kappa shape index (κ3) is 4.06. The lowest BCUT2D eigenvalue weighted by Crippen LogP contribution is -2.33. The number of amides is 2. The molecular weight excluding hydrogens is 229 g/mol. The molecule has 0 aliphatic carbocycles. The third-order valence-corrected chi connectivity index (χ3v) is 2.94. The molecule has 0 aliphatic heterocycles. The van der Waals surface area contributed by atoms with Gasteiger partial charge >= 0.3 is 6.03 Å². The van der Waals surface area contributed by atoms with Gasteiger partial charge in [0.05, 0.1) is 11.9 Å². The summed E-state index contributed by atoms with van der Waals surface area (Å²) in [4.78, 5) is 15.0. The van der Waals surface area contributed by atoms with Crippen molar-refractivity contribution in [3.8, 4) is 0 Å². The number of thioether (sulfide) groups is 1. The average molecular weight is 243 g/mol. The van der Waals surface area contributed by atoms with Crippen LogP contribution in [-0.4, -0.2) is 29.1 Å². The van der Waals surface area contributed by atoms with Crippen molar-refractivity contribution in [3.05, 3.63) is 24.3 Å². The van der Waals surface area contributed by atoms with Gasteiger partial charge in [-0.05, 0) is 12.3 Å². The van der Waals surface area contributed by atoms with E-state index >= 15 is 0 Å². The Morgan fingerprint density at radius 1 is 1.69 bits per heavy atom. The fourth-order valence-corrected chi connectivity index (χ4v) is 1.21. The molecule has 1 heterocycles. The summed E-state index contributed by atoms with van der Waals surface area (Å²) in [5.41, 5.74) is 0.129. The van der Waals surface area contributed by atoms with Crippen LogP contribution in [0, 0.1) is 5.82 Å². The van der Waals surface area contributed by atoms with E-state index in [1.54, 1.807) is 11.8 Å². The standard InChI is InChI=1S/C10H14FN3OS/c1-7(16-2)5-13-10(15)14-9-3-4-12-6-8(9)11/h3-4,6-7H,5H2,1-2H3,(H2,12,13,14,15)/t7-/m1/s1. The average Bonchev–Trinajstić information content (AvgIpc) is 2.29. The minimum absolute atomic E-state index is 0.129. The van der Waals surface area contributed by atoms with Crippen LogP contribution in [0.4, 0.5) is 14.9 Å². The van der Waals surface area contributed by atoms with E-state index in [2.05, 4.69) is 15.6 Å². The number of carbonyl (C=O) groups excluding carboxylic acids is 1. The fraction of sp³-hybridized carbons (Fsp3) is 0.400. The van der Waals surface area contributed by atoms with Crippen molar-refractivity contribution < 1.29 is 9.18 Å². The molecule has 1 aromatic rings. The summed E-state index contributed by atoms with van der Waals surface area (Å²) in [6.07, 6.45) is 4.44. The van der Waals surface area contributed by atoms with Crippen molar-refractivity contribution >= 4 is 23.5 Å². The van der Waals surface area contributed by atoms with Gasteiger partial charge in [-0.1, -0.05) is 6.92 Å². The Labute approximate surface area is 98.0 Å². The summed E-state index contributed by atoms with van der Waals surface area (Å²) >= 11 is 1.65. The number of halogens is 1. The zero-order valence-electron chi connectivity index (χ0n) is 9.16. The van der Waals surface area contributed by atoms with Gasteiger partial charge in [0, 0.05) is 18.0 Å². The molecule has 16 heavy (non-hydrogen) atoms. The molecule has 0 saturated heterocycles. The summed E-state index contributed by atoms with van der Waals surface area (Å²) in [6, 6.07) is 0.999. The van der Waals surface area contributed by atoms with Gasteiger partial charge in [-0.2, -0.15) is 11.8 Å². The molecule has 88 valence electrons. The lowest BCUT2D eigenvalue weighted by atomic mass is 10.4. The maximum atomic E-state index is 13.1. The molecule has 0 saturated carbocycles. The highest BCUT2D eigenvalue weighted by Crippen LogP contribution is 2.10. The predicted octanol–water partition coefficient (Wildman–Crippen LogP) is 2.09. The van der Waals surface area contributed by atoms with E-state index in [4.69, 9.17) is 0 Å². The first kappa shape index (κ1) is 12.8. The summed E-state index contributed by atoms with van der Waals surface area (Å²) in [6.45, 7) is 2.54. The number of nitrogens with zero attached hydrogens (tertiary/aromatic N) is 1. The van der Waals surface area contributed by atoms with Gasteiger partial charge in [0.1, 0.15) is 0 Å². The Bertz CT molecular complexity index is 362. The van der Waals surface area contributed by atoms with Crippen molar-refractivity contribution in [2.24, 2.45) is 0 Å². The lowest BCUT2D eigenvalue weighted by Gasteiger charge is -2.11. The lowest BCUT2D eigenvalue weighted by molar-refractivity contribution is 0.252. The Morgan fingerprint density at radius 3 is 3.06 bits per heavy atom. The summed E-state index contributed by atoms with van der Waals surface area (Å²) in [7, 11) is 0. The molecule has 0 unspecified atom stereocenters. The van der Waals surface area contributed by atoms with Crippen molar-refractivity contribution in [2.45, 2.75) is 12.2 Å². The molecule has 0 bridgehead atoms. The Kier molecular flexibility index (Phi) is 5.04. The fourth-order valence-electron chi connectivity index (χ4n) is 0.963. The molecule has 0 fully saturated rings. The van der Waals surface area contributed by atoms with Crippen LogP contribution in [-0.2, 0) is 0 Å². The van der Waals surface area contributed by atoms with Crippen LogP contribution in [0.15, 0.2) is 18.5 Å². The van der Waals surface area contributed by atoms with Gasteiger partial charge in [-0.15, -0.1) is 0 Å². The van der Waals surface area contributed by atoms with Gasteiger partial charge in [0.25, 0.3) is 0 Å². The highest BCUT2D eigenvalue weighted by Gasteiger charge is 2.07. The van der Waals surface area contributed by atoms with E-state index < -0.39 is 11.8 Å². The molecule has 6 heteroatoms. The van der Waals surface area contributed by atoms with Crippen molar-refractivity contribution in [3.63, 3.8) is 0 Å². The first-order valence-electron chi connectivity index (χ1n) is 4.80. The van der Waals surface area contributed by atoms with E-state index in [-0.39, 0.29) is 5.69 Å². The van der Waals surface area contributed by atoms with Crippen LogP contribution in [0.5, 0.6) is 0 Å². The van der Waals surface area contributed by atoms with Gasteiger partial charge in [0.15, 0.2) is 5.82 Å². The maximum absolute atomic E-state index is 13.1. The van der Waals surface area contributed by atoms with Gasteiger partial charge in [-0.3, -0.25) is 4.98 Å². The van der Waals surface area contributed by atoms with Crippen LogP contribution in [0.2, 0.25) is 0 Å². The quantitative estimate of drug-likeness (QED) is 0.851. The molecule has 1 rings (SSSR count). The second-order valence-corrected chi connectivity index (χ2v) is 4.51. The van der Waals surface area contributed by atoms with E-state index in [1.165, 1.54) is 12.3 Å². The summed E-state index contributed by atoms with van der Waals surface area (Å²) in [5, 5.41) is 5.39. The van der Waals surface area contributed by atoms with E-state index in [1.807, 2.05) is 13.2 Å². The van der Waals surface area contributed by atoms with E-state index in [0.717, 1.165) is 6.20 Å². The number of carbonyl (C=O) groups is 1. The van der Waals surface area contributed by atoms with Gasteiger partial charge in [0.2, 0.25) is 0 Å². The molecule has 4 nitrogen and oxygen atoms in total. The first-order valence-corrected chi connectivity index (χ1v) is 6.09. The number of aromatic nitrogens is 1. The number of urea groups is 1. The molecular formula is C10H14FN3OS. The minimum Gasteiger partial charge on any atom is -0.337 e. The first-order chi connectivity index (χ1) is 7.63. The minimum atomic E-state index is -0.546. The van der Waals surface area contributed by atoms with Crippen LogP contribution >= 0.6 is 11.8 Å². The molecule has 0 radical (unpaired) electrons. The van der Waals surface area contributed by atoms with Crippen molar-refractivity contribution in [1.29, 1.82) is 0 Å². The van der Waals surface area contributed by atoms with Gasteiger partial charge in [-0.25, -0.2) is 9.18 Å². The highest BCUT2D eigenvalue weighted by atomic mass is 32.2. The molecule has 2 N–H and O–H groups in total. The topological polar surface area (TPSA) is 54.0 Å². The van der Waals surface area contributed by atoms with E-state index in [0.29, 0.717) is 11.8 Å². The number of anilines is 1. The zero-order chi connectivity index (χ0) is 12.0. The number of nitrogens with one attached hydrogen (secondary N) is 2. The second kappa shape index (κ2) is 6.32. The number of rotatable bonds is 4. The Morgan fingerprint density at radius 2 is 2.44 bits per heavy atom. The summed E-state index contributed by atoms with van der Waals surface area (Å²) < 4.78 is 13.1. The monoisotopic (exact) mass is 243 g/mol. The van der Waals surface area contributed by atoms with Crippen LogP contribution in [0.25, 0.3) is 0 Å². The summed E-state index contributed by atoms with van der Waals surface area (Å²) in [5.74, 6) is -0.546. The Balaban J connectivity index is 2.43. The second-order valence-electron chi connectivity index (χ2n) is 3.24. The van der Waals surface area contributed by atoms with E-state index in [9.17, 15) is 9.18 Å². The number of hydrogen-bond donors (Lipinski definition) is 2. The smallest absolute Gasteiger partial charge is 0.319 e. The maximum Gasteiger partial charge on any atom is 0.319 e. The highest BCUT2D eigenvalue weighted by molar-refractivity contribution is 7.99. The zero-order valence-corrected chi connectivity index (χ0v) is 9.97. The largest absolute Gasteiger partial charge is 0.337 e. The third-order valence-electron chi connectivity index (χ3n) is 1.97. The predicted molar refractivity (Wildman–Crippen MR) is 64.2 cm³/mol. The van der Waals surface area contributed by atoms with Crippen LogP contribution in [0.3, 0.4) is 0 Å². The van der Waals surface area contributed by atoms with Crippen LogP contribution in [0.1, 0.15) is 6.92 Å². The normalized spacial score (nSPS) is 11.9. The molecule has 0 aliphatic rings. The Hall–Kier alpha value is -1.30. The molecule has 0 aromatic carbocycles. The van der Waals surface area contributed by atoms with Crippen molar-refractivity contribution in [2.75, 3.05) is 18.1 Å². The molecule has 2 amide bonds. The number of hydrogen-bond acceptors (Lipinski definition) is 3. The number of pyridine rings is 1.